The Balaban J connectivity index is 2.46. The fourth-order valence-electron chi connectivity index (χ4n) is 2.47. The highest BCUT2D eigenvalue weighted by molar-refractivity contribution is 7.15. The van der Waals surface area contributed by atoms with Crippen molar-refractivity contribution in [3.05, 3.63) is 29.1 Å². The summed E-state index contributed by atoms with van der Waals surface area (Å²) >= 11 is 1.22. The van der Waals surface area contributed by atoms with Gasteiger partial charge in [-0.05, 0) is 45.4 Å². The summed E-state index contributed by atoms with van der Waals surface area (Å²) in [5.74, 6) is 0.577. The maximum absolute atomic E-state index is 12.6. The third-order valence-electron chi connectivity index (χ3n) is 3.58. The molecule has 1 amide bonds. The fraction of sp³-hybridized carbons (Fsp3) is 0.400. The lowest BCUT2D eigenvalue weighted by atomic mass is 10.0. The second-order valence-corrected chi connectivity index (χ2v) is 7.65. The summed E-state index contributed by atoms with van der Waals surface area (Å²) < 4.78 is 21.1. The van der Waals surface area contributed by atoms with Gasteiger partial charge in [0.2, 0.25) is 0 Å². The molecule has 1 heterocycles. The first-order chi connectivity index (χ1) is 13.2. The number of thiophene rings is 1. The number of amides is 1. The Morgan fingerprint density at radius 1 is 1.11 bits per heavy atom. The summed E-state index contributed by atoms with van der Waals surface area (Å²) in [4.78, 5) is 24.8. The van der Waals surface area contributed by atoms with Crippen molar-refractivity contribution in [2.75, 3.05) is 26.1 Å². The number of anilines is 1. The van der Waals surface area contributed by atoms with Gasteiger partial charge in [-0.2, -0.15) is 0 Å². The van der Waals surface area contributed by atoms with Crippen LogP contribution in [0.2, 0.25) is 0 Å². The molecule has 0 aliphatic carbocycles. The van der Waals surface area contributed by atoms with Crippen LogP contribution in [0.15, 0.2) is 23.6 Å². The minimum absolute atomic E-state index is 0.214. The van der Waals surface area contributed by atoms with Crippen molar-refractivity contribution in [2.24, 2.45) is 0 Å². The second kappa shape index (κ2) is 8.97. The zero-order valence-corrected chi connectivity index (χ0v) is 17.7. The van der Waals surface area contributed by atoms with Crippen LogP contribution in [-0.4, -0.2) is 38.5 Å². The SMILES string of the molecule is CCOC(=O)c1c(-c2ccc(OC)c(OC)c2)csc1NC(=O)OC(C)(C)C. The van der Waals surface area contributed by atoms with Crippen LogP contribution in [0.3, 0.4) is 0 Å². The first-order valence-electron chi connectivity index (χ1n) is 8.71. The zero-order valence-electron chi connectivity index (χ0n) is 16.9. The Labute approximate surface area is 168 Å². The van der Waals surface area contributed by atoms with Crippen molar-refractivity contribution < 1.29 is 28.5 Å². The van der Waals surface area contributed by atoms with Crippen LogP contribution >= 0.6 is 11.3 Å². The van der Waals surface area contributed by atoms with Gasteiger partial charge < -0.3 is 18.9 Å². The van der Waals surface area contributed by atoms with E-state index >= 15 is 0 Å². The number of methoxy groups -OCH3 is 2. The molecule has 0 aliphatic rings. The highest BCUT2D eigenvalue weighted by Crippen LogP contribution is 2.39. The highest BCUT2D eigenvalue weighted by Gasteiger charge is 2.25. The van der Waals surface area contributed by atoms with Crippen LogP contribution in [0.25, 0.3) is 11.1 Å². The molecule has 0 saturated heterocycles. The van der Waals surface area contributed by atoms with Gasteiger partial charge in [0.25, 0.3) is 0 Å². The predicted molar refractivity (Wildman–Crippen MR) is 109 cm³/mol. The summed E-state index contributed by atoms with van der Waals surface area (Å²) in [6, 6.07) is 5.33. The molecular formula is C20H25NO6S. The lowest BCUT2D eigenvalue weighted by Gasteiger charge is -2.19. The van der Waals surface area contributed by atoms with Gasteiger partial charge in [-0.3, -0.25) is 5.32 Å². The van der Waals surface area contributed by atoms with Gasteiger partial charge in [0, 0.05) is 10.9 Å². The lowest BCUT2D eigenvalue weighted by molar-refractivity contribution is 0.0529. The molecule has 1 aromatic heterocycles. The zero-order chi connectivity index (χ0) is 20.9. The van der Waals surface area contributed by atoms with Crippen molar-refractivity contribution in [3.63, 3.8) is 0 Å². The third-order valence-corrected chi connectivity index (χ3v) is 4.48. The van der Waals surface area contributed by atoms with E-state index in [2.05, 4.69) is 5.32 Å². The maximum atomic E-state index is 12.6. The molecular weight excluding hydrogens is 382 g/mol. The van der Waals surface area contributed by atoms with E-state index in [1.165, 1.54) is 18.4 Å². The number of hydrogen-bond acceptors (Lipinski definition) is 7. The average Bonchev–Trinajstić information content (AvgIpc) is 3.03. The first-order valence-corrected chi connectivity index (χ1v) is 9.59. The average molecular weight is 407 g/mol. The number of ether oxygens (including phenoxy) is 4. The monoisotopic (exact) mass is 407 g/mol. The van der Waals surface area contributed by atoms with Gasteiger partial charge in [-0.15, -0.1) is 11.3 Å². The number of hydrogen-bond donors (Lipinski definition) is 1. The van der Waals surface area contributed by atoms with Crippen molar-refractivity contribution in [3.8, 4) is 22.6 Å². The molecule has 0 bridgehead atoms. The maximum Gasteiger partial charge on any atom is 0.412 e. The minimum Gasteiger partial charge on any atom is -0.493 e. The molecule has 8 heteroatoms. The van der Waals surface area contributed by atoms with Gasteiger partial charge in [0.1, 0.15) is 16.2 Å². The van der Waals surface area contributed by atoms with Gasteiger partial charge in [0.05, 0.1) is 20.8 Å². The molecule has 28 heavy (non-hydrogen) atoms. The molecule has 0 saturated carbocycles. The Kier molecular flexibility index (Phi) is 6.90. The normalized spacial score (nSPS) is 10.9. The van der Waals surface area contributed by atoms with Crippen LogP contribution in [0.5, 0.6) is 11.5 Å². The van der Waals surface area contributed by atoms with E-state index in [9.17, 15) is 9.59 Å². The van der Waals surface area contributed by atoms with Gasteiger partial charge >= 0.3 is 12.1 Å². The molecule has 2 aromatic rings. The summed E-state index contributed by atoms with van der Waals surface area (Å²) in [5, 5.41) is 4.79. The molecule has 2 rings (SSSR count). The third kappa shape index (κ3) is 5.16. The van der Waals surface area contributed by atoms with E-state index in [1.807, 2.05) is 6.07 Å². The van der Waals surface area contributed by atoms with E-state index < -0.39 is 17.7 Å². The van der Waals surface area contributed by atoms with E-state index in [4.69, 9.17) is 18.9 Å². The van der Waals surface area contributed by atoms with Crippen molar-refractivity contribution in [1.82, 2.24) is 0 Å². The Morgan fingerprint density at radius 2 is 1.79 bits per heavy atom. The minimum atomic E-state index is -0.655. The molecule has 1 N–H and O–H groups in total. The van der Waals surface area contributed by atoms with Crippen molar-refractivity contribution in [2.45, 2.75) is 33.3 Å². The number of carbonyl (C=O) groups is 2. The van der Waals surface area contributed by atoms with E-state index in [0.29, 0.717) is 22.1 Å². The Bertz CT molecular complexity index is 853. The molecule has 152 valence electrons. The Morgan fingerprint density at radius 3 is 2.36 bits per heavy atom. The summed E-state index contributed by atoms with van der Waals surface area (Å²) in [7, 11) is 3.09. The van der Waals surface area contributed by atoms with Crippen molar-refractivity contribution in [1.29, 1.82) is 0 Å². The van der Waals surface area contributed by atoms with Gasteiger partial charge in [0.15, 0.2) is 11.5 Å². The topological polar surface area (TPSA) is 83.1 Å². The van der Waals surface area contributed by atoms with Crippen LogP contribution in [0.1, 0.15) is 38.1 Å². The molecule has 0 radical (unpaired) electrons. The molecule has 0 fully saturated rings. The van der Waals surface area contributed by atoms with Gasteiger partial charge in [-0.1, -0.05) is 6.07 Å². The van der Waals surface area contributed by atoms with E-state index in [1.54, 1.807) is 52.3 Å². The number of rotatable bonds is 6. The molecule has 0 aliphatic heterocycles. The summed E-state index contributed by atoms with van der Waals surface area (Å²) in [6.07, 6.45) is -0.640. The van der Waals surface area contributed by atoms with Crippen LogP contribution in [0, 0.1) is 0 Å². The quantitative estimate of drug-likeness (QED) is 0.682. The van der Waals surface area contributed by atoms with E-state index in [0.717, 1.165) is 5.56 Å². The molecule has 0 unspecified atom stereocenters. The number of esters is 1. The summed E-state index contributed by atoms with van der Waals surface area (Å²) in [6.45, 7) is 7.24. The van der Waals surface area contributed by atoms with Crippen molar-refractivity contribution >= 4 is 28.4 Å². The van der Waals surface area contributed by atoms with Crippen LogP contribution in [-0.2, 0) is 9.47 Å². The smallest absolute Gasteiger partial charge is 0.412 e. The Hall–Kier alpha value is -2.74. The lowest BCUT2D eigenvalue weighted by Crippen LogP contribution is -2.27. The molecule has 1 aromatic carbocycles. The molecule has 7 nitrogen and oxygen atoms in total. The van der Waals surface area contributed by atoms with Crippen LogP contribution in [0.4, 0.5) is 9.80 Å². The largest absolute Gasteiger partial charge is 0.493 e. The number of benzene rings is 1. The molecule has 0 spiro atoms. The first kappa shape index (κ1) is 21.6. The number of carbonyl (C=O) groups excluding carboxylic acids is 2. The fourth-order valence-corrected chi connectivity index (χ4v) is 3.41. The summed E-state index contributed by atoms with van der Waals surface area (Å²) in [5.41, 5.74) is 0.965. The highest BCUT2D eigenvalue weighted by atomic mass is 32.1. The standard InChI is InChI=1S/C20H25NO6S/c1-7-26-18(22)16-13(12-8-9-14(24-5)15(10-12)25-6)11-28-17(16)21-19(23)27-20(2,3)4/h8-11H,7H2,1-6H3,(H,21,23). The second-order valence-electron chi connectivity index (χ2n) is 6.77. The number of nitrogens with one attached hydrogen (secondary N) is 1. The van der Waals surface area contributed by atoms with E-state index in [-0.39, 0.29) is 12.2 Å². The molecule has 0 atom stereocenters. The van der Waals surface area contributed by atoms with Gasteiger partial charge in [-0.25, -0.2) is 9.59 Å². The van der Waals surface area contributed by atoms with Crippen LogP contribution < -0.4 is 14.8 Å². The predicted octanol–water partition coefficient (Wildman–Crippen LogP) is 4.96.